The molecule has 5 atom stereocenters. The Kier molecular flexibility index (Phi) is 5.91. The van der Waals surface area contributed by atoms with E-state index in [9.17, 15) is 40.5 Å². The van der Waals surface area contributed by atoms with Crippen LogP contribution >= 0.6 is 0 Å². The fourth-order valence-electron chi connectivity index (χ4n) is 3.90. The fraction of sp³-hybridized carbons (Fsp3) is 0.318. The van der Waals surface area contributed by atoms with Crippen LogP contribution in [0.2, 0.25) is 0 Å². The van der Waals surface area contributed by atoms with Crippen LogP contribution in [0.15, 0.2) is 39.5 Å². The highest BCUT2D eigenvalue weighted by molar-refractivity contribution is 5.88. The molecule has 33 heavy (non-hydrogen) atoms. The van der Waals surface area contributed by atoms with Gasteiger partial charge in [0.2, 0.25) is 0 Å². The molecule has 2 heterocycles. The Morgan fingerprint density at radius 3 is 2.33 bits per heavy atom. The molecule has 176 valence electrons. The van der Waals surface area contributed by atoms with Crippen LogP contribution in [0.3, 0.4) is 0 Å². The van der Waals surface area contributed by atoms with Crippen LogP contribution < -0.4 is 10.2 Å². The van der Waals surface area contributed by atoms with Gasteiger partial charge < -0.3 is 49.6 Å². The zero-order valence-electron chi connectivity index (χ0n) is 17.2. The number of hydrogen-bond donors (Lipinski definition) is 7. The average Bonchev–Trinajstić information content (AvgIpc) is 2.79. The molecule has 1 aliphatic heterocycles. The molecule has 0 aliphatic carbocycles. The molecule has 0 amide bonds. The van der Waals surface area contributed by atoms with Crippen molar-refractivity contribution in [3.05, 3.63) is 46.1 Å². The van der Waals surface area contributed by atoms with Gasteiger partial charge in [0, 0.05) is 17.7 Å². The summed E-state index contributed by atoms with van der Waals surface area (Å²) in [7, 11) is 1.26. The Morgan fingerprint density at radius 2 is 1.70 bits per heavy atom. The highest BCUT2D eigenvalue weighted by Gasteiger charge is 2.46. The Hall–Kier alpha value is -3.35. The lowest BCUT2D eigenvalue weighted by Crippen LogP contribution is -2.55. The smallest absolute Gasteiger partial charge is 0.197 e. The van der Waals surface area contributed by atoms with Crippen molar-refractivity contribution in [3.8, 4) is 34.3 Å². The standard InChI is InChI=1S/C22H22O11/c1-31-13-6-14-16(11(26)5-12(32-14)8-2-3-9(24)10(25)4-8)19(28)17(13)22-21(30)20(29)18(27)15(7-23)33-22/h2-6,15,18,20-25,27-30H,7H2,1H3/t15-,18-,20+,21-,22-/m1/s1. The minimum absolute atomic E-state index is 0.0323. The second kappa shape index (κ2) is 8.54. The van der Waals surface area contributed by atoms with Crippen molar-refractivity contribution in [2.75, 3.05) is 13.7 Å². The fourth-order valence-corrected chi connectivity index (χ4v) is 3.90. The molecule has 0 spiro atoms. The molecular weight excluding hydrogens is 440 g/mol. The van der Waals surface area contributed by atoms with Gasteiger partial charge in [0.1, 0.15) is 58.7 Å². The third-order valence-electron chi connectivity index (χ3n) is 5.65. The Morgan fingerprint density at radius 1 is 0.970 bits per heavy atom. The van der Waals surface area contributed by atoms with Gasteiger partial charge in [-0.2, -0.15) is 0 Å². The summed E-state index contributed by atoms with van der Waals surface area (Å²) in [6, 6.07) is 6.17. The van der Waals surface area contributed by atoms with Crippen LogP contribution in [0, 0.1) is 0 Å². The largest absolute Gasteiger partial charge is 0.506 e. The molecule has 1 saturated heterocycles. The van der Waals surface area contributed by atoms with E-state index in [1.165, 1.54) is 31.4 Å². The van der Waals surface area contributed by atoms with Gasteiger partial charge in [0.15, 0.2) is 16.9 Å². The lowest BCUT2D eigenvalue weighted by atomic mass is 9.89. The predicted molar refractivity (Wildman–Crippen MR) is 112 cm³/mol. The van der Waals surface area contributed by atoms with Gasteiger partial charge in [-0.05, 0) is 18.2 Å². The minimum Gasteiger partial charge on any atom is -0.506 e. The molecule has 11 heteroatoms. The van der Waals surface area contributed by atoms with Gasteiger partial charge in [0.05, 0.1) is 19.3 Å². The number of fused-ring (bicyclic) bond motifs is 1. The summed E-state index contributed by atoms with van der Waals surface area (Å²) in [5.41, 5.74) is -0.664. The van der Waals surface area contributed by atoms with E-state index in [1.54, 1.807) is 0 Å². The summed E-state index contributed by atoms with van der Waals surface area (Å²) in [5, 5.41) is 70.0. The summed E-state index contributed by atoms with van der Waals surface area (Å²) in [5.74, 6) is -1.44. The highest BCUT2D eigenvalue weighted by Crippen LogP contribution is 2.45. The quantitative estimate of drug-likeness (QED) is 0.260. The number of aliphatic hydroxyl groups excluding tert-OH is 4. The predicted octanol–water partition coefficient (Wildman–Crippen LogP) is 0.100. The number of aromatic hydroxyl groups is 3. The first kappa shape index (κ1) is 22.8. The number of methoxy groups -OCH3 is 1. The second-order valence-corrected chi connectivity index (χ2v) is 7.64. The first-order valence-electron chi connectivity index (χ1n) is 9.88. The number of benzene rings is 2. The molecule has 2 aromatic carbocycles. The maximum absolute atomic E-state index is 12.9. The maximum atomic E-state index is 12.9. The van der Waals surface area contributed by atoms with Crippen LogP contribution in [0.25, 0.3) is 22.3 Å². The van der Waals surface area contributed by atoms with E-state index < -0.39 is 54.1 Å². The van der Waals surface area contributed by atoms with Gasteiger partial charge in [-0.3, -0.25) is 4.79 Å². The molecule has 0 unspecified atom stereocenters. The number of phenolic OH excluding ortho intramolecular Hbond substituents is 3. The van der Waals surface area contributed by atoms with E-state index in [1.807, 2.05) is 0 Å². The van der Waals surface area contributed by atoms with Crippen molar-refractivity contribution in [1.29, 1.82) is 0 Å². The molecule has 1 aliphatic rings. The monoisotopic (exact) mass is 462 g/mol. The van der Waals surface area contributed by atoms with Gasteiger partial charge in [0.25, 0.3) is 0 Å². The van der Waals surface area contributed by atoms with Gasteiger partial charge in [-0.1, -0.05) is 0 Å². The first-order chi connectivity index (χ1) is 15.7. The van der Waals surface area contributed by atoms with Gasteiger partial charge in [-0.25, -0.2) is 0 Å². The van der Waals surface area contributed by atoms with Crippen LogP contribution in [-0.2, 0) is 4.74 Å². The summed E-state index contributed by atoms with van der Waals surface area (Å²) in [4.78, 5) is 12.9. The number of hydrogen-bond acceptors (Lipinski definition) is 11. The van der Waals surface area contributed by atoms with Crippen LogP contribution in [-0.4, -0.2) is 73.9 Å². The topological polar surface area (TPSA) is 190 Å². The number of phenols is 3. The lowest BCUT2D eigenvalue weighted by Gasteiger charge is -2.40. The first-order valence-corrected chi connectivity index (χ1v) is 9.88. The zero-order chi connectivity index (χ0) is 24.0. The molecule has 11 nitrogen and oxygen atoms in total. The van der Waals surface area contributed by atoms with Crippen molar-refractivity contribution >= 4 is 11.0 Å². The second-order valence-electron chi connectivity index (χ2n) is 7.64. The van der Waals surface area contributed by atoms with Crippen molar-refractivity contribution in [2.24, 2.45) is 0 Å². The van der Waals surface area contributed by atoms with Gasteiger partial charge >= 0.3 is 0 Å². The summed E-state index contributed by atoms with van der Waals surface area (Å²) < 4.78 is 16.5. The summed E-state index contributed by atoms with van der Waals surface area (Å²) in [6.07, 6.45) is -7.72. The molecule has 1 aromatic heterocycles. The van der Waals surface area contributed by atoms with Crippen molar-refractivity contribution in [2.45, 2.75) is 30.5 Å². The lowest BCUT2D eigenvalue weighted by molar-refractivity contribution is -0.232. The Bertz CT molecular complexity index is 1250. The number of ether oxygens (including phenoxy) is 2. The van der Waals surface area contributed by atoms with E-state index in [2.05, 4.69) is 0 Å². The Labute approximate surface area is 185 Å². The van der Waals surface area contributed by atoms with E-state index in [4.69, 9.17) is 13.9 Å². The van der Waals surface area contributed by atoms with E-state index in [0.29, 0.717) is 0 Å². The van der Waals surface area contributed by atoms with E-state index in [0.717, 1.165) is 6.07 Å². The highest BCUT2D eigenvalue weighted by atomic mass is 16.5. The van der Waals surface area contributed by atoms with Gasteiger partial charge in [-0.15, -0.1) is 0 Å². The van der Waals surface area contributed by atoms with E-state index >= 15 is 0 Å². The van der Waals surface area contributed by atoms with Crippen molar-refractivity contribution in [1.82, 2.24) is 0 Å². The molecular formula is C22H22O11. The summed E-state index contributed by atoms with van der Waals surface area (Å²) in [6.45, 7) is -0.678. The Balaban J connectivity index is 1.89. The SMILES string of the molecule is COc1cc2oc(-c3ccc(O)c(O)c3)cc(=O)c2c(O)c1[C@H]1O[C@H](CO)[C@@H](O)[C@H](O)[C@H]1O. The molecule has 3 aromatic rings. The minimum atomic E-state index is -1.72. The molecule has 1 fully saturated rings. The van der Waals surface area contributed by atoms with Crippen LogP contribution in [0.4, 0.5) is 0 Å². The van der Waals surface area contributed by atoms with E-state index in [-0.39, 0.29) is 39.4 Å². The van der Waals surface area contributed by atoms with Crippen molar-refractivity contribution in [3.63, 3.8) is 0 Å². The summed E-state index contributed by atoms with van der Waals surface area (Å²) >= 11 is 0. The maximum Gasteiger partial charge on any atom is 0.197 e. The zero-order valence-corrected chi connectivity index (χ0v) is 17.2. The van der Waals surface area contributed by atoms with Crippen molar-refractivity contribution < 1.29 is 49.6 Å². The average molecular weight is 462 g/mol. The molecule has 0 bridgehead atoms. The number of aliphatic hydroxyl groups is 4. The number of rotatable bonds is 4. The molecule has 4 rings (SSSR count). The molecule has 0 radical (unpaired) electrons. The van der Waals surface area contributed by atoms with Crippen LogP contribution in [0.5, 0.6) is 23.0 Å². The third kappa shape index (κ3) is 3.75. The van der Waals surface area contributed by atoms with Crippen LogP contribution in [0.1, 0.15) is 11.7 Å². The third-order valence-corrected chi connectivity index (χ3v) is 5.65. The molecule has 0 saturated carbocycles. The molecule has 7 N–H and O–H groups in total. The normalized spacial score (nSPS) is 25.3.